The van der Waals surface area contributed by atoms with Gasteiger partial charge < -0.3 is 10.2 Å². The summed E-state index contributed by atoms with van der Waals surface area (Å²) < 4.78 is 0. The zero-order valence-electron chi connectivity index (χ0n) is 24.5. The molecule has 0 aliphatic heterocycles. The Bertz CT molecular complexity index is 759. The van der Waals surface area contributed by atoms with Gasteiger partial charge in [0.1, 0.15) is 0 Å². The zero-order chi connectivity index (χ0) is 26.5. The molecule has 0 aliphatic rings. The van der Waals surface area contributed by atoms with E-state index in [-0.39, 0.29) is 0 Å². The van der Waals surface area contributed by atoms with Crippen molar-refractivity contribution >= 4 is 11.8 Å². The van der Waals surface area contributed by atoms with Crippen LogP contribution in [-0.2, 0) is 0 Å². The summed E-state index contributed by atoms with van der Waals surface area (Å²) in [5, 5.41) is 3.06. The lowest BCUT2D eigenvalue weighted by molar-refractivity contribution is 0.305. The summed E-state index contributed by atoms with van der Waals surface area (Å²) in [6.07, 6.45) is 8.81. The summed E-state index contributed by atoms with van der Waals surface area (Å²) >= 11 is 0. The normalized spacial score (nSPS) is 12.5. The second-order valence-electron chi connectivity index (χ2n) is 12.2. The molecule has 1 atom stereocenters. The molecule has 0 saturated carbocycles. The maximum Gasteiger partial charge on any atom is 0.0438 e. The Morgan fingerprint density at radius 3 is 2.12 bits per heavy atom. The molecule has 0 bridgehead atoms. The molecule has 0 aliphatic carbocycles. The van der Waals surface area contributed by atoms with E-state index in [0.29, 0.717) is 11.3 Å². The van der Waals surface area contributed by atoms with E-state index in [1.54, 1.807) is 0 Å². The fourth-order valence-corrected chi connectivity index (χ4v) is 4.10. The molecule has 1 unspecified atom stereocenters. The SMILES string of the molecule is C=C(/C=C/c1ccc(N(CCCC(C)C)C(=C)CC(C)CC(C)(C)C)c(C)c1)NC.CC(C)C. The van der Waals surface area contributed by atoms with Gasteiger partial charge in [-0.3, -0.25) is 0 Å². The molecule has 34 heavy (non-hydrogen) atoms. The highest BCUT2D eigenvalue weighted by atomic mass is 15.1. The first kappa shape index (κ1) is 32.0. The van der Waals surface area contributed by atoms with Crippen molar-refractivity contribution in [2.45, 2.75) is 94.9 Å². The van der Waals surface area contributed by atoms with Gasteiger partial charge in [0.15, 0.2) is 0 Å². The van der Waals surface area contributed by atoms with Gasteiger partial charge in [-0.05, 0) is 85.1 Å². The molecule has 0 heterocycles. The molecule has 0 saturated heterocycles. The van der Waals surface area contributed by atoms with Crippen molar-refractivity contribution in [1.82, 2.24) is 5.32 Å². The number of nitrogens with one attached hydrogen (secondary N) is 1. The summed E-state index contributed by atoms with van der Waals surface area (Å²) in [7, 11) is 1.89. The molecule has 0 amide bonds. The van der Waals surface area contributed by atoms with Crippen molar-refractivity contribution < 1.29 is 0 Å². The van der Waals surface area contributed by atoms with Gasteiger partial charge in [0.05, 0.1) is 0 Å². The Labute approximate surface area is 213 Å². The summed E-state index contributed by atoms with van der Waals surface area (Å²) in [6, 6.07) is 6.71. The predicted octanol–water partition coefficient (Wildman–Crippen LogP) is 9.62. The topological polar surface area (TPSA) is 15.3 Å². The van der Waals surface area contributed by atoms with Gasteiger partial charge in [-0.2, -0.15) is 0 Å². The van der Waals surface area contributed by atoms with Crippen LogP contribution in [0.15, 0.2) is 48.8 Å². The van der Waals surface area contributed by atoms with Crippen LogP contribution in [0.25, 0.3) is 6.08 Å². The average molecular weight is 469 g/mol. The fraction of sp³-hybridized carbons (Fsp3) is 0.625. The molecule has 1 N–H and O–H groups in total. The molecule has 2 heteroatoms. The van der Waals surface area contributed by atoms with E-state index in [1.807, 2.05) is 13.1 Å². The van der Waals surface area contributed by atoms with E-state index in [1.165, 1.54) is 41.8 Å². The van der Waals surface area contributed by atoms with Crippen LogP contribution in [0.4, 0.5) is 5.69 Å². The van der Waals surface area contributed by atoms with Gasteiger partial charge in [-0.15, -0.1) is 0 Å². The highest BCUT2D eigenvalue weighted by molar-refractivity contribution is 5.63. The van der Waals surface area contributed by atoms with Crippen molar-refractivity contribution in [3.05, 3.63) is 60.0 Å². The molecule has 0 fully saturated rings. The number of hydrogen-bond acceptors (Lipinski definition) is 2. The lowest BCUT2D eigenvalue weighted by Crippen LogP contribution is -2.26. The summed E-state index contributed by atoms with van der Waals surface area (Å²) in [5.74, 6) is 2.19. The van der Waals surface area contributed by atoms with E-state index >= 15 is 0 Å². The van der Waals surface area contributed by atoms with Crippen molar-refractivity contribution in [3.8, 4) is 0 Å². The monoisotopic (exact) mass is 468 g/mol. The molecule has 0 aromatic heterocycles. The van der Waals surface area contributed by atoms with E-state index < -0.39 is 0 Å². The van der Waals surface area contributed by atoms with E-state index in [0.717, 1.165) is 30.5 Å². The number of hydrogen-bond donors (Lipinski definition) is 1. The first-order valence-corrected chi connectivity index (χ1v) is 13.3. The van der Waals surface area contributed by atoms with Crippen LogP contribution in [-0.4, -0.2) is 13.6 Å². The minimum Gasteiger partial charge on any atom is -0.389 e. The van der Waals surface area contributed by atoms with Crippen molar-refractivity contribution in [2.75, 3.05) is 18.5 Å². The summed E-state index contributed by atoms with van der Waals surface area (Å²) in [4.78, 5) is 2.47. The highest BCUT2D eigenvalue weighted by Gasteiger charge is 2.19. The molecule has 0 spiro atoms. The van der Waals surface area contributed by atoms with Crippen LogP contribution >= 0.6 is 0 Å². The zero-order valence-corrected chi connectivity index (χ0v) is 24.5. The molecular weight excluding hydrogens is 412 g/mol. The Morgan fingerprint density at radius 2 is 1.65 bits per heavy atom. The second kappa shape index (κ2) is 15.8. The second-order valence-corrected chi connectivity index (χ2v) is 12.2. The third kappa shape index (κ3) is 15.0. The molecule has 1 aromatic rings. The molecule has 2 nitrogen and oxygen atoms in total. The number of allylic oxidation sites excluding steroid dienone is 2. The Hall–Kier alpha value is -1.96. The number of aryl methyl sites for hydroxylation is 1. The van der Waals surface area contributed by atoms with Gasteiger partial charge >= 0.3 is 0 Å². The predicted molar refractivity (Wildman–Crippen MR) is 157 cm³/mol. The van der Waals surface area contributed by atoms with Crippen LogP contribution in [0.2, 0.25) is 0 Å². The average Bonchev–Trinajstić information content (AvgIpc) is 2.67. The van der Waals surface area contributed by atoms with Gasteiger partial charge in [0.25, 0.3) is 0 Å². The van der Waals surface area contributed by atoms with Gasteiger partial charge in [-0.25, -0.2) is 0 Å². The maximum atomic E-state index is 4.53. The molecule has 194 valence electrons. The number of benzene rings is 1. The third-order valence-corrected chi connectivity index (χ3v) is 5.40. The molecular formula is C32H56N2. The van der Waals surface area contributed by atoms with Crippen LogP contribution in [0.1, 0.15) is 99.1 Å². The van der Waals surface area contributed by atoms with E-state index in [4.69, 9.17) is 0 Å². The maximum absolute atomic E-state index is 4.53. The molecule has 1 aromatic carbocycles. The van der Waals surface area contributed by atoms with Crippen LogP contribution in [0.3, 0.4) is 0 Å². The van der Waals surface area contributed by atoms with Crippen molar-refractivity contribution in [1.29, 1.82) is 0 Å². The highest BCUT2D eigenvalue weighted by Crippen LogP contribution is 2.32. The first-order chi connectivity index (χ1) is 15.7. The third-order valence-electron chi connectivity index (χ3n) is 5.40. The van der Waals surface area contributed by atoms with Gasteiger partial charge in [0, 0.05) is 30.7 Å². The van der Waals surface area contributed by atoms with Gasteiger partial charge in [-0.1, -0.05) is 87.6 Å². The van der Waals surface area contributed by atoms with E-state index in [2.05, 4.69) is 117 Å². The quantitative estimate of drug-likeness (QED) is 0.307. The van der Waals surface area contributed by atoms with E-state index in [9.17, 15) is 0 Å². The standard InChI is InChI=1S/C28H46N2.C4H10/c1-21(2)12-11-17-30(25(6)18-22(3)20-28(7,8)9)27-16-15-26(19-23(27)4)14-13-24(5)29-10;1-4(2)3/h13-16,19,21-22,29H,5-6,11-12,17-18,20H2,1-4,7-10H3;4H,1-3H3/b14-13+;. The largest absolute Gasteiger partial charge is 0.389 e. The number of rotatable bonds is 12. The summed E-state index contributed by atoms with van der Waals surface area (Å²) in [6.45, 7) is 32.2. The fourth-order valence-electron chi connectivity index (χ4n) is 4.10. The van der Waals surface area contributed by atoms with Gasteiger partial charge in [0.2, 0.25) is 0 Å². The molecule has 0 radical (unpaired) electrons. The number of anilines is 1. The smallest absolute Gasteiger partial charge is 0.0438 e. The lowest BCUT2D eigenvalue weighted by Gasteiger charge is -2.32. The van der Waals surface area contributed by atoms with Crippen LogP contribution in [0.5, 0.6) is 0 Å². The Balaban J connectivity index is 0.00000251. The number of nitrogens with zero attached hydrogens (tertiary/aromatic N) is 1. The Morgan fingerprint density at radius 1 is 1.06 bits per heavy atom. The Kier molecular flexibility index (Phi) is 14.9. The van der Waals surface area contributed by atoms with Crippen molar-refractivity contribution in [2.24, 2.45) is 23.2 Å². The minimum atomic E-state index is 0.351. The molecule has 1 rings (SSSR count). The minimum absolute atomic E-state index is 0.351. The summed E-state index contributed by atoms with van der Waals surface area (Å²) in [5.41, 5.74) is 6.28. The first-order valence-electron chi connectivity index (χ1n) is 13.3. The number of likely N-dealkylation sites (N-methyl/N-ethyl adjacent to an activating group) is 1. The van der Waals surface area contributed by atoms with Crippen LogP contribution in [0, 0.1) is 30.1 Å². The van der Waals surface area contributed by atoms with Crippen molar-refractivity contribution in [3.63, 3.8) is 0 Å². The van der Waals surface area contributed by atoms with Crippen LogP contribution < -0.4 is 10.2 Å². The lowest BCUT2D eigenvalue weighted by atomic mass is 9.83.